The fourth-order valence-corrected chi connectivity index (χ4v) is 4.48. The first-order valence-corrected chi connectivity index (χ1v) is 11.4. The lowest BCUT2D eigenvalue weighted by atomic mass is 10.1. The molecule has 0 aliphatic rings. The Hall–Kier alpha value is -2.72. The first-order valence-electron chi connectivity index (χ1n) is 8.97. The van der Waals surface area contributed by atoms with E-state index in [4.69, 9.17) is 11.6 Å². The Kier molecular flexibility index (Phi) is 6.14. The molecule has 0 radical (unpaired) electrons. The zero-order valence-electron chi connectivity index (χ0n) is 15.5. The zero-order valence-corrected chi connectivity index (χ0v) is 17.9. The number of rotatable bonds is 7. The minimum atomic E-state index is -1.40. The molecule has 0 saturated heterocycles. The SMILES string of the molecule is O=C(NCCNS(=O)c1ccc(Cl)cc1)c1ccc(O)c2[nH]c(-c3cccs3)nc12. The Morgan fingerprint density at radius 2 is 1.97 bits per heavy atom. The number of carbonyl (C=O) groups excluding carboxylic acids is 1. The van der Waals surface area contributed by atoms with Crippen LogP contribution in [0, 0.1) is 0 Å². The van der Waals surface area contributed by atoms with E-state index >= 15 is 0 Å². The molecule has 0 bridgehead atoms. The molecule has 4 aromatic rings. The average molecular weight is 461 g/mol. The second-order valence-electron chi connectivity index (χ2n) is 6.29. The topological polar surface area (TPSA) is 107 Å². The van der Waals surface area contributed by atoms with E-state index in [1.54, 1.807) is 24.3 Å². The number of halogens is 1. The van der Waals surface area contributed by atoms with Crippen LogP contribution in [0.25, 0.3) is 21.7 Å². The lowest BCUT2D eigenvalue weighted by molar-refractivity contribution is 0.0956. The van der Waals surface area contributed by atoms with E-state index in [-0.39, 0.29) is 18.2 Å². The number of aromatic nitrogens is 2. The summed E-state index contributed by atoms with van der Waals surface area (Å²) in [5.41, 5.74) is 1.15. The number of phenolic OH excluding ortho intramolecular Hbond substituents is 1. The zero-order chi connectivity index (χ0) is 21.1. The van der Waals surface area contributed by atoms with Gasteiger partial charge in [0.15, 0.2) is 0 Å². The molecule has 0 spiro atoms. The van der Waals surface area contributed by atoms with Crippen LogP contribution in [-0.4, -0.2) is 38.3 Å². The van der Waals surface area contributed by atoms with Gasteiger partial charge < -0.3 is 15.4 Å². The van der Waals surface area contributed by atoms with Gasteiger partial charge in [0, 0.05) is 18.1 Å². The van der Waals surface area contributed by atoms with Crippen molar-refractivity contribution in [2.45, 2.75) is 4.90 Å². The average Bonchev–Trinajstić information content (AvgIpc) is 3.42. The summed E-state index contributed by atoms with van der Waals surface area (Å²) >= 11 is 7.34. The van der Waals surface area contributed by atoms with Crippen LogP contribution in [0.4, 0.5) is 0 Å². The van der Waals surface area contributed by atoms with Crippen LogP contribution in [-0.2, 0) is 11.0 Å². The van der Waals surface area contributed by atoms with Crippen molar-refractivity contribution >= 4 is 50.9 Å². The number of imidazole rings is 1. The van der Waals surface area contributed by atoms with Gasteiger partial charge in [-0.15, -0.1) is 11.3 Å². The largest absolute Gasteiger partial charge is 0.506 e. The number of nitrogens with one attached hydrogen (secondary N) is 3. The Labute approximate surface area is 183 Å². The summed E-state index contributed by atoms with van der Waals surface area (Å²) in [7, 11) is -1.40. The third-order valence-electron chi connectivity index (χ3n) is 4.29. The van der Waals surface area contributed by atoms with Gasteiger partial charge in [-0.25, -0.2) is 13.9 Å². The molecule has 1 unspecified atom stereocenters. The van der Waals surface area contributed by atoms with Crippen molar-refractivity contribution in [1.82, 2.24) is 20.0 Å². The summed E-state index contributed by atoms with van der Waals surface area (Å²) in [4.78, 5) is 21.7. The van der Waals surface area contributed by atoms with Gasteiger partial charge >= 0.3 is 0 Å². The maximum absolute atomic E-state index is 12.7. The molecule has 30 heavy (non-hydrogen) atoms. The molecule has 0 aliphatic carbocycles. The fourth-order valence-electron chi connectivity index (χ4n) is 2.85. The third kappa shape index (κ3) is 4.39. The Bertz CT molecular complexity index is 1210. The molecule has 0 saturated carbocycles. The Morgan fingerprint density at radius 3 is 2.70 bits per heavy atom. The van der Waals surface area contributed by atoms with Gasteiger partial charge in [0.05, 0.1) is 15.3 Å². The molecule has 2 aromatic heterocycles. The highest BCUT2D eigenvalue weighted by Gasteiger charge is 2.17. The van der Waals surface area contributed by atoms with Crippen LogP contribution in [0.3, 0.4) is 0 Å². The molecule has 1 atom stereocenters. The molecule has 154 valence electrons. The first kappa shape index (κ1) is 20.5. The number of aromatic amines is 1. The van der Waals surface area contributed by atoms with E-state index in [2.05, 4.69) is 20.0 Å². The van der Waals surface area contributed by atoms with Crippen molar-refractivity contribution in [3.63, 3.8) is 0 Å². The van der Waals surface area contributed by atoms with Crippen LogP contribution < -0.4 is 10.0 Å². The molecule has 2 aromatic carbocycles. The lowest BCUT2D eigenvalue weighted by Gasteiger charge is -2.08. The van der Waals surface area contributed by atoms with E-state index in [1.807, 2.05) is 17.5 Å². The van der Waals surface area contributed by atoms with Crippen molar-refractivity contribution in [3.8, 4) is 16.5 Å². The number of benzene rings is 2. The van der Waals surface area contributed by atoms with Crippen LogP contribution in [0.5, 0.6) is 5.75 Å². The van der Waals surface area contributed by atoms with Gasteiger partial charge in [0.25, 0.3) is 5.91 Å². The quantitative estimate of drug-likeness (QED) is 0.315. The molecule has 2 heterocycles. The number of hydrogen-bond donors (Lipinski definition) is 4. The van der Waals surface area contributed by atoms with E-state index in [0.29, 0.717) is 38.9 Å². The van der Waals surface area contributed by atoms with Crippen molar-refractivity contribution in [3.05, 3.63) is 64.5 Å². The molecule has 4 rings (SSSR count). The third-order valence-corrected chi connectivity index (χ3v) is 6.59. The predicted molar refractivity (Wildman–Crippen MR) is 119 cm³/mol. The van der Waals surface area contributed by atoms with Gasteiger partial charge in [0.2, 0.25) is 0 Å². The van der Waals surface area contributed by atoms with Gasteiger partial charge in [-0.1, -0.05) is 17.7 Å². The highest BCUT2D eigenvalue weighted by molar-refractivity contribution is 7.83. The molecule has 0 fully saturated rings. The van der Waals surface area contributed by atoms with Gasteiger partial charge in [-0.3, -0.25) is 4.79 Å². The van der Waals surface area contributed by atoms with Gasteiger partial charge in [-0.05, 0) is 47.8 Å². The number of amides is 1. The second kappa shape index (κ2) is 8.97. The molecule has 1 amide bonds. The predicted octanol–water partition coefficient (Wildman–Crippen LogP) is 3.69. The Morgan fingerprint density at radius 1 is 1.17 bits per heavy atom. The lowest BCUT2D eigenvalue weighted by Crippen LogP contribution is -2.32. The van der Waals surface area contributed by atoms with Gasteiger partial charge in [-0.2, -0.15) is 0 Å². The maximum Gasteiger partial charge on any atom is 0.253 e. The second-order valence-corrected chi connectivity index (χ2v) is 8.97. The summed E-state index contributed by atoms with van der Waals surface area (Å²) in [6.07, 6.45) is 0. The van der Waals surface area contributed by atoms with Crippen molar-refractivity contribution in [2.75, 3.05) is 13.1 Å². The molecule has 10 heteroatoms. The molecule has 7 nitrogen and oxygen atoms in total. The summed E-state index contributed by atoms with van der Waals surface area (Å²) in [5, 5.41) is 15.4. The molecule has 0 aliphatic heterocycles. The summed E-state index contributed by atoms with van der Waals surface area (Å²) in [6, 6.07) is 13.5. The van der Waals surface area contributed by atoms with Crippen LogP contribution in [0.1, 0.15) is 10.4 Å². The normalized spacial score (nSPS) is 12.2. The molecule has 4 N–H and O–H groups in total. The number of thiophene rings is 1. The maximum atomic E-state index is 12.7. The number of H-pyrrole nitrogens is 1. The number of aromatic hydroxyl groups is 1. The van der Waals surface area contributed by atoms with Crippen LogP contribution >= 0.6 is 22.9 Å². The number of nitrogens with zero attached hydrogens (tertiary/aromatic N) is 1. The number of fused-ring (bicyclic) bond motifs is 1. The van der Waals surface area contributed by atoms with E-state index < -0.39 is 11.0 Å². The van der Waals surface area contributed by atoms with Crippen LogP contribution in [0.15, 0.2) is 58.8 Å². The summed E-state index contributed by atoms with van der Waals surface area (Å²) in [5.74, 6) is 0.288. The van der Waals surface area contributed by atoms with E-state index in [0.717, 1.165) is 4.88 Å². The van der Waals surface area contributed by atoms with Crippen molar-refractivity contribution in [1.29, 1.82) is 0 Å². The first-order chi connectivity index (χ1) is 14.5. The highest BCUT2D eigenvalue weighted by Crippen LogP contribution is 2.30. The van der Waals surface area contributed by atoms with Crippen LogP contribution in [0.2, 0.25) is 5.02 Å². The van der Waals surface area contributed by atoms with Crippen molar-refractivity contribution < 1.29 is 14.1 Å². The summed E-state index contributed by atoms with van der Waals surface area (Å²) < 4.78 is 15.0. The smallest absolute Gasteiger partial charge is 0.253 e. The fraction of sp³-hybridized carbons (Fsp3) is 0.100. The van der Waals surface area contributed by atoms with E-state index in [9.17, 15) is 14.1 Å². The summed E-state index contributed by atoms with van der Waals surface area (Å²) in [6.45, 7) is 0.575. The number of phenols is 1. The minimum Gasteiger partial charge on any atom is -0.506 e. The molecular weight excluding hydrogens is 444 g/mol. The van der Waals surface area contributed by atoms with Gasteiger partial charge in [0.1, 0.15) is 33.6 Å². The minimum absolute atomic E-state index is 0.0249. The number of hydrogen-bond acceptors (Lipinski definition) is 5. The van der Waals surface area contributed by atoms with E-state index in [1.165, 1.54) is 23.5 Å². The Balaban J connectivity index is 1.41. The highest BCUT2D eigenvalue weighted by atomic mass is 35.5. The van der Waals surface area contributed by atoms with Crippen molar-refractivity contribution in [2.24, 2.45) is 0 Å². The number of carbonyl (C=O) groups is 1. The standard InChI is InChI=1S/C20H17ClN4O3S2/c21-12-3-5-13(6-4-12)30(28)23-10-9-22-20(27)14-7-8-15(26)18-17(14)24-19(25-18)16-2-1-11-29-16/h1-8,11,23,26H,9-10H2,(H,22,27)(H,24,25). The monoisotopic (exact) mass is 460 g/mol. The molecular formula is C20H17ClN4O3S2.